The van der Waals surface area contributed by atoms with Crippen LogP contribution < -0.4 is 10.6 Å². The number of nitro groups is 1. The van der Waals surface area contributed by atoms with Gasteiger partial charge in [-0.15, -0.1) is 0 Å². The van der Waals surface area contributed by atoms with Gasteiger partial charge >= 0.3 is 12.0 Å². The first kappa shape index (κ1) is 18.1. The van der Waals surface area contributed by atoms with Gasteiger partial charge < -0.3 is 15.4 Å². The summed E-state index contributed by atoms with van der Waals surface area (Å²) in [5.74, 6) is -0.660. The van der Waals surface area contributed by atoms with Gasteiger partial charge in [0.2, 0.25) is 0 Å². The van der Waals surface area contributed by atoms with Gasteiger partial charge in [-0.3, -0.25) is 10.1 Å². The molecule has 1 atom stereocenters. The maximum Gasteiger partial charge on any atom is 0.338 e. The molecular weight excluding hydrogens is 350 g/mol. The highest BCUT2D eigenvalue weighted by molar-refractivity contribution is 5.95. The number of amides is 2. The topological polar surface area (TPSA) is 111 Å². The Hall–Kier alpha value is -3.68. The summed E-state index contributed by atoms with van der Waals surface area (Å²) in [4.78, 5) is 35.4. The highest BCUT2D eigenvalue weighted by Gasteiger charge is 2.35. The molecule has 0 aromatic heterocycles. The first-order chi connectivity index (χ1) is 13.0. The first-order valence-electron chi connectivity index (χ1n) is 8.20. The van der Waals surface area contributed by atoms with Crippen LogP contribution in [0.2, 0.25) is 0 Å². The van der Waals surface area contributed by atoms with Crippen LogP contribution in [0.15, 0.2) is 65.9 Å². The van der Waals surface area contributed by atoms with Gasteiger partial charge in [0, 0.05) is 11.8 Å². The van der Waals surface area contributed by atoms with Crippen LogP contribution in [0.25, 0.3) is 0 Å². The normalized spacial score (nSPS) is 16.3. The molecule has 0 aliphatic carbocycles. The molecule has 0 spiro atoms. The van der Waals surface area contributed by atoms with Crippen molar-refractivity contribution in [3.63, 3.8) is 0 Å². The van der Waals surface area contributed by atoms with E-state index in [1.165, 1.54) is 18.2 Å². The second-order valence-corrected chi connectivity index (χ2v) is 5.95. The van der Waals surface area contributed by atoms with Gasteiger partial charge in [0.05, 0.1) is 22.1 Å². The van der Waals surface area contributed by atoms with E-state index < -0.39 is 23.0 Å². The van der Waals surface area contributed by atoms with Crippen molar-refractivity contribution in [3.8, 4) is 0 Å². The van der Waals surface area contributed by atoms with E-state index in [0.717, 1.165) is 5.56 Å². The molecule has 138 valence electrons. The number of nitrogens with one attached hydrogen (secondary N) is 2. The fraction of sp³-hybridized carbons (Fsp3) is 0.158. The molecule has 0 bridgehead atoms. The molecule has 2 aromatic rings. The lowest BCUT2D eigenvalue weighted by Crippen LogP contribution is -2.45. The van der Waals surface area contributed by atoms with Crippen LogP contribution >= 0.6 is 0 Å². The van der Waals surface area contributed by atoms with Crippen molar-refractivity contribution in [3.05, 3.63) is 87.1 Å². The van der Waals surface area contributed by atoms with E-state index in [4.69, 9.17) is 4.74 Å². The molecule has 1 aliphatic rings. The molecule has 1 heterocycles. The summed E-state index contributed by atoms with van der Waals surface area (Å²) >= 11 is 0. The van der Waals surface area contributed by atoms with Crippen LogP contribution in [0.5, 0.6) is 0 Å². The van der Waals surface area contributed by atoms with Crippen molar-refractivity contribution in [1.82, 2.24) is 10.6 Å². The number of esters is 1. The van der Waals surface area contributed by atoms with Crippen LogP contribution in [0.3, 0.4) is 0 Å². The zero-order chi connectivity index (χ0) is 19.4. The Kier molecular flexibility index (Phi) is 5.16. The van der Waals surface area contributed by atoms with Crippen LogP contribution in [0.1, 0.15) is 24.1 Å². The number of rotatable bonds is 5. The number of allylic oxidation sites excluding steroid dienone is 1. The van der Waals surface area contributed by atoms with E-state index in [2.05, 4.69) is 10.6 Å². The average Bonchev–Trinajstić information content (AvgIpc) is 2.66. The predicted molar refractivity (Wildman–Crippen MR) is 96.4 cm³/mol. The lowest BCUT2D eigenvalue weighted by atomic mass is 9.94. The molecule has 2 amide bonds. The number of hydrogen-bond donors (Lipinski definition) is 2. The Morgan fingerprint density at radius 1 is 1.15 bits per heavy atom. The van der Waals surface area contributed by atoms with Gasteiger partial charge in [0.15, 0.2) is 0 Å². The molecule has 2 aromatic carbocycles. The fourth-order valence-electron chi connectivity index (χ4n) is 2.90. The highest BCUT2D eigenvalue weighted by atomic mass is 16.6. The SMILES string of the molecule is CC1=C(C(=O)OCc2ccccc2)C(c2ccccc2[N+](=O)[O-])NC(=O)N1. The average molecular weight is 367 g/mol. The molecule has 0 fully saturated rings. The van der Waals surface area contributed by atoms with Crippen LogP contribution in [0, 0.1) is 10.1 Å². The summed E-state index contributed by atoms with van der Waals surface area (Å²) in [6.45, 7) is 1.60. The molecule has 3 rings (SSSR count). The smallest absolute Gasteiger partial charge is 0.338 e. The fourth-order valence-corrected chi connectivity index (χ4v) is 2.90. The molecule has 0 saturated heterocycles. The minimum absolute atomic E-state index is 0.0496. The van der Waals surface area contributed by atoms with E-state index in [0.29, 0.717) is 5.70 Å². The van der Waals surface area contributed by atoms with Crippen LogP contribution in [-0.4, -0.2) is 16.9 Å². The second kappa shape index (κ2) is 7.69. The Morgan fingerprint density at radius 3 is 2.52 bits per heavy atom. The number of nitrogens with zero attached hydrogens (tertiary/aromatic N) is 1. The maximum absolute atomic E-state index is 12.7. The number of nitro benzene ring substituents is 1. The summed E-state index contributed by atoms with van der Waals surface area (Å²) < 4.78 is 5.37. The van der Waals surface area contributed by atoms with Crippen molar-refractivity contribution >= 4 is 17.7 Å². The zero-order valence-corrected chi connectivity index (χ0v) is 14.5. The van der Waals surface area contributed by atoms with Crippen molar-refractivity contribution in [2.75, 3.05) is 0 Å². The number of carbonyl (C=O) groups is 2. The lowest BCUT2D eigenvalue weighted by Gasteiger charge is -2.27. The molecule has 0 radical (unpaired) electrons. The van der Waals surface area contributed by atoms with E-state index in [-0.39, 0.29) is 23.4 Å². The Labute approximate surface area is 155 Å². The third-order valence-corrected chi connectivity index (χ3v) is 4.15. The largest absolute Gasteiger partial charge is 0.457 e. The molecule has 2 N–H and O–H groups in total. The molecular formula is C19H17N3O5. The van der Waals surface area contributed by atoms with Gasteiger partial charge in [-0.2, -0.15) is 0 Å². The molecule has 1 unspecified atom stereocenters. The molecule has 8 nitrogen and oxygen atoms in total. The standard InChI is InChI=1S/C19H17N3O5/c1-12-16(18(23)27-11-13-7-3-2-4-8-13)17(21-19(24)20-12)14-9-5-6-10-15(14)22(25)26/h2-10,17H,11H2,1H3,(H2,20,21,24). The van der Waals surface area contributed by atoms with Gasteiger partial charge in [0.25, 0.3) is 5.69 Å². The third-order valence-electron chi connectivity index (χ3n) is 4.15. The predicted octanol–water partition coefficient (Wildman–Crippen LogP) is 2.97. The molecule has 8 heteroatoms. The Balaban J connectivity index is 1.93. The number of para-hydroxylation sites is 1. The number of ether oxygens (including phenoxy) is 1. The molecule has 1 aliphatic heterocycles. The summed E-state index contributed by atoms with van der Waals surface area (Å²) in [5, 5.41) is 16.4. The minimum Gasteiger partial charge on any atom is -0.457 e. The lowest BCUT2D eigenvalue weighted by molar-refractivity contribution is -0.385. The van der Waals surface area contributed by atoms with Crippen molar-refractivity contribution in [2.45, 2.75) is 19.6 Å². The monoisotopic (exact) mass is 367 g/mol. The van der Waals surface area contributed by atoms with E-state index in [1.54, 1.807) is 13.0 Å². The van der Waals surface area contributed by atoms with E-state index in [1.807, 2.05) is 30.3 Å². The Bertz CT molecular complexity index is 924. The summed E-state index contributed by atoms with van der Waals surface area (Å²) in [6.07, 6.45) is 0. The van der Waals surface area contributed by atoms with Gasteiger partial charge in [-0.1, -0.05) is 42.5 Å². The van der Waals surface area contributed by atoms with Gasteiger partial charge in [-0.25, -0.2) is 9.59 Å². The number of hydrogen-bond acceptors (Lipinski definition) is 5. The quantitative estimate of drug-likeness (QED) is 0.479. The van der Waals surface area contributed by atoms with Crippen molar-refractivity contribution < 1.29 is 19.2 Å². The van der Waals surface area contributed by atoms with E-state index in [9.17, 15) is 19.7 Å². The first-order valence-corrected chi connectivity index (χ1v) is 8.20. The summed E-state index contributed by atoms with van der Waals surface area (Å²) in [6, 6.07) is 13.6. The van der Waals surface area contributed by atoms with Crippen LogP contribution in [0.4, 0.5) is 10.5 Å². The van der Waals surface area contributed by atoms with Gasteiger partial charge in [0.1, 0.15) is 6.61 Å². The van der Waals surface area contributed by atoms with Crippen molar-refractivity contribution in [2.24, 2.45) is 0 Å². The number of urea groups is 1. The number of benzene rings is 2. The van der Waals surface area contributed by atoms with Gasteiger partial charge in [-0.05, 0) is 18.6 Å². The summed E-state index contributed by atoms with van der Waals surface area (Å²) in [7, 11) is 0. The van der Waals surface area contributed by atoms with E-state index >= 15 is 0 Å². The minimum atomic E-state index is -0.983. The second-order valence-electron chi connectivity index (χ2n) is 5.95. The summed E-state index contributed by atoms with van der Waals surface area (Å²) in [5.41, 5.74) is 1.24. The molecule has 0 saturated carbocycles. The maximum atomic E-state index is 12.7. The zero-order valence-electron chi connectivity index (χ0n) is 14.5. The van der Waals surface area contributed by atoms with Crippen molar-refractivity contribution in [1.29, 1.82) is 0 Å². The Morgan fingerprint density at radius 2 is 1.81 bits per heavy atom. The third kappa shape index (κ3) is 3.95. The van der Waals surface area contributed by atoms with Crippen LogP contribution in [-0.2, 0) is 16.1 Å². The highest BCUT2D eigenvalue weighted by Crippen LogP contribution is 2.33. The molecule has 27 heavy (non-hydrogen) atoms. The number of carbonyl (C=O) groups excluding carboxylic acids is 2.